The zero-order chi connectivity index (χ0) is 14.5. The molecule has 0 aliphatic rings. The van der Waals surface area contributed by atoms with Gasteiger partial charge in [0.25, 0.3) is 0 Å². The number of rotatable bonds is 7. The number of hydrogen-bond acceptors (Lipinski definition) is 4. The van der Waals surface area contributed by atoms with Crippen LogP contribution in [0.3, 0.4) is 0 Å². The lowest BCUT2D eigenvalue weighted by atomic mass is 10.1. The van der Waals surface area contributed by atoms with E-state index in [1.807, 2.05) is 6.92 Å². The van der Waals surface area contributed by atoms with Gasteiger partial charge < -0.3 is 10.5 Å². The summed E-state index contributed by atoms with van der Waals surface area (Å²) in [6.45, 7) is 3.58. The first-order valence-corrected chi connectivity index (χ1v) is 8.06. The normalized spacial score (nSPS) is 13.3. The number of benzene rings is 1. The van der Waals surface area contributed by atoms with Crippen LogP contribution in [0.25, 0.3) is 0 Å². The monoisotopic (exact) mass is 289 g/mol. The molecule has 1 unspecified atom stereocenters. The number of hydrogen-bond donors (Lipinski definition) is 1. The molecule has 0 bridgehead atoms. The van der Waals surface area contributed by atoms with Crippen LogP contribution in [-0.2, 0) is 9.84 Å². The molecule has 108 valence electrons. The Bertz CT molecular complexity index is 515. The van der Waals surface area contributed by atoms with Gasteiger partial charge in [-0.25, -0.2) is 12.8 Å². The van der Waals surface area contributed by atoms with E-state index in [9.17, 15) is 12.8 Å². The summed E-state index contributed by atoms with van der Waals surface area (Å²) in [4.78, 5) is 0. The zero-order valence-corrected chi connectivity index (χ0v) is 12.0. The largest absolute Gasteiger partial charge is 0.492 e. The molecule has 0 saturated heterocycles. The number of halogens is 1. The van der Waals surface area contributed by atoms with Crippen molar-refractivity contribution >= 4 is 9.84 Å². The van der Waals surface area contributed by atoms with Crippen molar-refractivity contribution in [3.63, 3.8) is 0 Å². The summed E-state index contributed by atoms with van der Waals surface area (Å²) in [5, 5.41) is 0. The Labute approximate surface area is 113 Å². The fourth-order valence-electron chi connectivity index (χ4n) is 1.70. The molecular formula is C13H20FNO3S. The van der Waals surface area contributed by atoms with Crippen LogP contribution in [0.2, 0.25) is 0 Å². The molecule has 1 aromatic rings. The summed E-state index contributed by atoms with van der Waals surface area (Å²) < 4.78 is 41.6. The van der Waals surface area contributed by atoms with Crippen LogP contribution >= 0.6 is 0 Å². The van der Waals surface area contributed by atoms with Gasteiger partial charge in [-0.2, -0.15) is 0 Å². The van der Waals surface area contributed by atoms with Crippen LogP contribution in [-0.4, -0.2) is 26.5 Å². The van der Waals surface area contributed by atoms with Crippen LogP contribution < -0.4 is 10.5 Å². The standard InChI is InChI=1S/C13H20FNO3S/c1-3-7-19(16,17)8-6-18-13-5-4-11(14)9-12(13)10(2)15/h4-5,9-10H,3,6-8,15H2,1-2H3. The zero-order valence-electron chi connectivity index (χ0n) is 11.2. The third-order valence-corrected chi connectivity index (χ3v) is 4.45. The lowest BCUT2D eigenvalue weighted by Crippen LogP contribution is -2.18. The van der Waals surface area contributed by atoms with Gasteiger partial charge in [-0.05, 0) is 31.5 Å². The maximum absolute atomic E-state index is 13.1. The van der Waals surface area contributed by atoms with E-state index in [2.05, 4.69) is 0 Å². The lowest BCUT2D eigenvalue weighted by Gasteiger charge is -2.14. The third kappa shape index (κ3) is 5.16. The maximum atomic E-state index is 13.1. The fourth-order valence-corrected chi connectivity index (χ4v) is 2.86. The Morgan fingerprint density at radius 1 is 1.37 bits per heavy atom. The number of ether oxygens (including phenoxy) is 1. The molecule has 0 aliphatic heterocycles. The molecule has 0 fully saturated rings. The molecule has 0 amide bonds. The summed E-state index contributed by atoms with van der Waals surface area (Å²) >= 11 is 0. The van der Waals surface area contributed by atoms with E-state index in [1.54, 1.807) is 6.92 Å². The number of nitrogens with two attached hydrogens (primary N) is 1. The van der Waals surface area contributed by atoms with E-state index in [1.165, 1.54) is 18.2 Å². The molecule has 0 radical (unpaired) electrons. The minimum absolute atomic E-state index is 0.0450. The predicted molar refractivity (Wildman–Crippen MR) is 73.4 cm³/mol. The van der Waals surface area contributed by atoms with Gasteiger partial charge in [-0.15, -0.1) is 0 Å². The highest BCUT2D eigenvalue weighted by Gasteiger charge is 2.12. The SMILES string of the molecule is CCCS(=O)(=O)CCOc1ccc(F)cc1C(C)N. The molecule has 0 heterocycles. The quantitative estimate of drug-likeness (QED) is 0.834. The van der Waals surface area contributed by atoms with Gasteiger partial charge in [0.15, 0.2) is 9.84 Å². The van der Waals surface area contributed by atoms with Crippen LogP contribution in [0.15, 0.2) is 18.2 Å². The van der Waals surface area contributed by atoms with E-state index >= 15 is 0 Å². The van der Waals surface area contributed by atoms with Gasteiger partial charge in [-0.3, -0.25) is 0 Å². The van der Waals surface area contributed by atoms with E-state index in [4.69, 9.17) is 10.5 Å². The molecule has 19 heavy (non-hydrogen) atoms. The van der Waals surface area contributed by atoms with Crippen LogP contribution in [0.4, 0.5) is 4.39 Å². The van der Waals surface area contributed by atoms with Crippen LogP contribution in [0.1, 0.15) is 31.9 Å². The minimum Gasteiger partial charge on any atom is -0.492 e. The van der Waals surface area contributed by atoms with Crippen molar-refractivity contribution in [3.8, 4) is 5.75 Å². The summed E-state index contributed by atoms with van der Waals surface area (Å²) in [6, 6.07) is 3.67. The van der Waals surface area contributed by atoms with Crippen molar-refractivity contribution < 1.29 is 17.5 Å². The van der Waals surface area contributed by atoms with Crippen LogP contribution in [0.5, 0.6) is 5.75 Å². The van der Waals surface area contributed by atoms with E-state index in [0.29, 0.717) is 17.7 Å². The van der Waals surface area contributed by atoms with Gasteiger partial charge in [0.05, 0.1) is 11.5 Å². The molecule has 6 heteroatoms. The highest BCUT2D eigenvalue weighted by Crippen LogP contribution is 2.24. The van der Waals surface area contributed by atoms with Crippen molar-refractivity contribution in [3.05, 3.63) is 29.6 Å². The van der Waals surface area contributed by atoms with Crippen molar-refractivity contribution in [1.29, 1.82) is 0 Å². The molecular weight excluding hydrogens is 269 g/mol. The molecule has 0 aromatic heterocycles. The minimum atomic E-state index is -3.07. The van der Waals surface area contributed by atoms with Crippen molar-refractivity contribution in [2.75, 3.05) is 18.1 Å². The summed E-state index contributed by atoms with van der Waals surface area (Å²) in [6.07, 6.45) is 0.587. The maximum Gasteiger partial charge on any atom is 0.153 e. The second-order valence-corrected chi connectivity index (χ2v) is 6.77. The van der Waals surface area contributed by atoms with E-state index in [0.717, 1.165) is 0 Å². The third-order valence-electron chi connectivity index (χ3n) is 2.63. The first-order valence-electron chi connectivity index (χ1n) is 6.24. The van der Waals surface area contributed by atoms with Gasteiger partial charge in [0.2, 0.25) is 0 Å². The highest BCUT2D eigenvalue weighted by atomic mass is 32.2. The molecule has 1 atom stereocenters. The average Bonchev–Trinajstić information content (AvgIpc) is 2.30. The molecule has 1 rings (SSSR count). The lowest BCUT2D eigenvalue weighted by molar-refractivity contribution is 0.334. The molecule has 0 saturated carbocycles. The van der Waals surface area contributed by atoms with Gasteiger partial charge >= 0.3 is 0 Å². The van der Waals surface area contributed by atoms with E-state index < -0.39 is 15.7 Å². The molecule has 2 N–H and O–H groups in total. The molecule has 4 nitrogen and oxygen atoms in total. The Morgan fingerprint density at radius 3 is 2.63 bits per heavy atom. The van der Waals surface area contributed by atoms with Gasteiger partial charge in [-0.1, -0.05) is 6.92 Å². The van der Waals surface area contributed by atoms with Crippen molar-refractivity contribution in [1.82, 2.24) is 0 Å². The Hall–Kier alpha value is -1.14. The average molecular weight is 289 g/mol. The molecule has 0 aliphatic carbocycles. The fraction of sp³-hybridized carbons (Fsp3) is 0.538. The Morgan fingerprint density at radius 2 is 2.05 bits per heavy atom. The summed E-state index contributed by atoms with van der Waals surface area (Å²) in [5.41, 5.74) is 6.26. The topological polar surface area (TPSA) is 69.4 Å². The predicted octanol–water partition coefficient (Wildman–Crippen LogP) is 2.05. The van der Waals surface area contributed by atoms with Crippen molar-refractivity contribution in [2.45, 2.75) is 26.3 Å². The Balaban J connectivity index is 2.68. The first kappa shape index (κ1) is 15.9. The number of sulfone groups is 1. The summed E-state index contributed by atoms with van der Waals surface area (Å²) in [5.74, 6) is 0.151. The molecule has 1 aromatic carbocycles. The second-order valence-electron chi connectivity index (χ2n) is 4.47. The van der Waals surface area contributed by atoms with Gasteiger partial charge in [0, 0.05) is 11.6 Å². The smallest absolute Gasteiger partial charge is 0.153 e. The van der Waals surface area contributed by atoms with Gasteiger partial charge in [0.1, 0.15) is 18.2 Å². The Kier molecular flexibility index (Phi) is 5.75. The second kappa shape index (κ2) is 6.86. The molecule has 0 spiro atoms. The highest BCUT2D eigenvalue weighted by molar-refractivity contribution is 7.91. The first-order chi connectivity index (χ1) is 8.85. The van der Waals surface area contributed by atoms with E-state index in [-0.39, 0.29) is 24.2 Å². The summed E-state index contributed by atoms with van der Waals surface area (Å²) in [7, 11) is -3.07. The van der Waals surface area contributed by atoms with Crippen LogP contribution in [0, 0.1) is 5.82 Å². The van der Waals surface area contributed by atoms with Crippen molar-refractivity contribution in [2.24, 2.45) is 5.73 Å².